The summed E-state index contributed by atoms with van der Waals surface area (Å²) in [7, 11) is 0. The largest absolute Gasteiger partial charge is 0.454 e. The molecule has 0 aromatic heterocycles. The van der Waals surface area contributed by atoms with Crippen LogP contribution < -0.4 is 4.74 Å². The van der Waals surface area contributed by atoms with Gasteiger partial charge < -0.3 is 4.74 Å². The van der Waals surface area contributed by atoms with Gasteiger partial charge in [-0.25, -0.2) is 4.39 Å². The van der Waals surface area contributed by atoms with Crippen molar-refractivity contribution in [2.24, 2.45) is 0 Å². The average molecular weight is 201 g/mol. The number of para-hydroxylation sites is 1. The standard InChI is InChI=1S/C13H10FO/c1-10-5-4-6-11(9-10)15-13-8-3-2-7-12(13)14/h2-4,6-9H,1H3. The first-order valence-corrected chi connectivity index (χ1v) is 4.66. The maximum Gasteiger partial charge on any atom is 0.165 e. The molecule has 15 heavy (non-hydrogen) atoms. The van der Waals surface area contributed by atoms with Gasteiger partial charge in [0.25, 0.3) is 0 Å². The molecule has 0 aliphatic heterocycles. The molecular weight excluding hydrogens is 191 g/mol. The fraction of sp³-hybridized carbons (Fsp3) is 0.0769. The van der Waals surface area contributed by atoms with E-state index in [-0.39, 0.29) is 11.6 Å². The van der Waals surface area contributed by atoms with E-state index < -0.39 is 0 Å². The van der Waals surface area contributed by atoms with Crippen molar-refractivity contribution in [2.75, 3.05) is 0 Å². The predicted molar refractivity (Wildman–Crippen MR) is 56.5 cm³/mol. The zero-order valence-corrected chi connectivity index (χ0v) is 8.33. The molecule has 0 unspecified atom stereocenters. The number of hydrogen-bond donors (Lipinski definition) is 0. The lowest BCUT2D eigenvalue weighted by Gasteiger charge is -2.06. The van der Waals surface area contributed by atoms with E-state index in [2.05, 4.69) is 6.07 Å². The van der Waals surface area contributed by atoms with Crippen molar-refractivity contribution in [2.45, 2.75) is 6.92 Å². The van der Waals surface area contributed by atoms with E-state index in [1.807, 2.05) is 13.0 Å². The molecule has 1 radical (unpaired) electrons. The Labute approximate surface area is 88.1 Å². The van der Waals surface area contributed by atoms with Crippen molar-refractivity contribution < 1.29 is 9.13 Å². The van der Waals surface area contributed by atoms with E-state index in [9.17, 15) is 4.39 Å². The minimum atomic E-state index is -0.358. The van der Waals surface area contributed by atoms with E-state index in [4.69, 9.17) is 4.74 Å². The molecule has 0 aliphatic carbocycles. The fourth-order valence-electron chi connectivity index (χ4n) is 1.28. The van der Waals surface area contributed by atoms with Gasteiger partial charge in [0.1, 0.15) is 5.75 Å². The molecule has 2 aromatic rings. The normalized spacial score (nSPS) is 10.0. The zero-order chi connectivity index (χ0) is 10.7. The van der Waals surface area contributed by atoms with Crippen LogP contribution in [0.3, 0.4) is 0 Å². The molecule has 0 fully saturated rings. The number of aryl methyl sites for hydroxylation is 1. The molecule has 0 N–H and O–H groups in total. The van der Waals surface area contributed by atoms with Gasteiger partial charge >= 0.3 is 0 Å². The Bertz CT molecular complexity index is 466. The highest BCUT2D eigenvalue weighted by molar-refractivity contribution is 5.33. The second-order valence-electron chi connectivity index (χ2n) is 3.24. The molecule has 0 saturated heterocycles. The highest BCUT2D eigenvalue weighted by Crippen LogP contribution is 2.24. The van der Waals surface area contributed by atoms with E-state index in [1.54, 1.807) is 30.3 Å². The highest BCUT2D eigenvalue weighted by atomic mass is 19.1. The van der Waals surface area contributed by atoms with Crippen molar-refractivity contribution in [3.8, 4) is 11.5 Å². The van der Waals surface area contributed by atoms with Crippen LogP contribution in [0.4, 0.5) is 4.39 Å². The average Bonchev–Trinajstić information content (AvgIpc) is 2.22. The van der Waals surface area contributed by atoms with Gasteiger partial charge in [0.2, 0.25) is 0 Å². The lowest BCUT2D eigenvalue weighted by molar-refractivity contribution is 0.442. The van der Waals surface area contributed by atoms with Crippen LogP contribution in [0.5, 0.6) is 11.5 Å². The van der Waals surface area contributed by atoms with Crippen LogP contribution in [-0.4, -0.2) is 0 Å². The summed E-state index contributed by atoms with van der Waals surface area (Å²) in [6.07, 6.45) is 0. The monoisotopic (exact) mass is 201 g/mol. The summed E-state index contributed by atoms with van der Waals surface area (Å²) in [6.45, 7) is 1.91. The smallest absolute Gasteiger partial charge is 0.165 e. The molecule has 0 heterocycles. The maximum absolute atomic E-state index is 13.2. The van der Waals surface area contributed by atoms with Gasteiger partial charge in [0, 0.05) is 0 Å². The van der Waals surface area contributed by atoms with Crippen LogP contribution in [0.2, 0.25) is 0 Å². The first-order chi connectivity index (χ1) is 7.25. The summed E-state index contributed by atoms with van der Waals surface area (Å²) >= 11 is 0. The molecule has 2 heteroatoms. The summed E-state index contributed by atoms with van der Waals surface area (Å²) in [6, 6.07) is 14.7. The van der Waals surface area contributed by atoms with E-state index in [0.29, 0.717) is 5.75 Å². The molecule has 2 aromatic carbocycles. The fourth-order valence-corrected chi connectivity index (χ4v) is 1.28. The first kappa shape index (κ1) is 9.71. The van der Waals surface area contributed by atoms with Crippen LogP contribution in [0.15, 0.2) is 42.5 Å². The van der Waals surface area contributed by atoms with Crippen molar-refractivity contribution in [1.29, 1.82) is 0 Å². The predicted octanol–water partition coefficient (Wildman–Crippen LogP) is 3.73. The summed E-state index contributed by atoms with van der Waals surface area (Å²) < 4.78 is 18.6. The van der Waals surface area contributed by atoms with Crippen molar-refractivity contribution >= 4 is 0 Å². The van der Waals surface area contributed by atoms with E-state index in [1.165, 1.54) is 6.07 Å². The Morgan fingerprint density at radius 1 is 1.20 bits per heavy atom. The topological polar surface area (TPSA) is 9.23 Å². The molecule has 0 bridgehead atoms. The van der Waals surface area contributed by atoms with Gasteiger partial charge in [-0.3, -0.25) is 0 Å². The summed E-state index contributed by atoms with van der Waals surface area (Å²) in [4.78, 5) is 0. The molecule has 0 amide bonds. The third-order valence-electron chi connectivity index (χ3n) is 1.98. The van der Waals surface area contributed by atoms with Gasteiger partial charge in [0.15, 0.2) is 11.6 Å². The quantitative estimate of drug-likeness (QED) is 0.719. The number of benzene rings is 2. The molecule has 0 atom stereocenters. The van der Waals surface area contributed by atoms with Gasteiger partial charge in [0.05, 0.1) is 0 Å². The molecule has 1 nitrogen and oxygen atoms in total. The van der Waals surface area contributed by atoms with Gasteiger partial charge in [-0.05, 0) is 42.8 Å². The van der Waals surface area contributed by atoms with Crippen molar-refractivity contribution in [3.63, 3.8) is 0 Å². The van der Waals surface area contributed by atoms with Crippen LogP contribution in [0.25, 0.3) is 0 Å². The summed E-state index contributed by atoms with van der Waals surface area (Å²) in [5.74, 6) is 0.502. The minimum Gasteiger partial charge on any atom is -0.454 e. The molecule has 0 spiro atoms. The Balaban J connectivity index is 2.26. The SMILES string of the molecule is Cc1[c]ccc(Oc2ccccc2F)c1. The van der Waals surface area contributed by atoms with Crippen molar-refractivity contribution in [3.05, 3.63) is 59.9 Å². The number of ether oxygens (including phenoxy) is 1. The Morgan fingerprint density at radius 3 is 2.73 bits per heavy atom. The Morgan fingerprint density at radius 2 is 2.00 bits per heavy atom. The number of rotatable bonds is 2. The maximum atomic E-state index is 13.2. The third-order valence-corrected chi connectivity index (χ3v) is 1.98. The van der Waals surface area contributed by atoms with E-state index >= 15 is 0 Å². The molecule has 2 rings (SSSR count). The summed E-state index contributed by atoms with van der Waals surface area (Å²) in [5, 5.41) is 0. The molecule has 0 aliphatic rings. The van der Waals surface area contributed by atoms with Crippen molar-refractivity contribution in [1.82, 2.24) is 0 Å². The van der Waals surface area contributed by atoms with Gasteiger partial charge in [-0.1, -0.05) is 18.2 Å². The molecule has 75 valence electrons. The molecular formula is C13H10FO. The van der Waals surface area contributed by atoms with Crippen LogP contribution in [0, 0.1) is 18.8 Å². The van der Waals surface area contributed by atoms with Gasteiger partial charge in [-0.15, -0.1) is 0 Å². The Hall–Kier alpha value is -1.83. The zero-order valence-electron chi connectivity index (χ0n) is 8.33. The van der Waals surface area contributed by atoms with Gasteiger partial charge in [-0.2, -0.15) is 0 Å². The lowest BCUT2D eigenvalue weighted by Crippen LogP contribution is -1.87. The van der Waals surface area contributed by atoms with E-state index in [0.717, 1.165) is 5.56 Å². The Kier molecular flexibility index (Phi) is 2.68. The van der Waals surface area contributed by atoms with Crippen LogP contribution >= 0.6 is 0 Å². The highest BCUT2D eigenvalue weighted by Gasteiger charge is 2.02. The number of halogens is 1. The first-order valence-electron chi connectivity index (χ1n) is 4.66. The minimum absolute atomic E-state index is 0.239. The second kappa shape index (κ2) is 4.13. The van der Waals surface area contributed by atoms with Crippen LogP contribution in [0.1, 0.15) is 5.56 Å². The second-order valence-corrected chi connectivity index (χ2v) is 3.24. The lowest BCUT2D eigenvalue weighted by atomic mass is 10.2. The third kappa shape index (κ3) is 2.34. The number of hydrogen-bond acceptors (Lipinski definition) is 1. The van der Waals surface area contributed by atoms with Crippen LogP contribution in [-0.2, 0) is 0 Å². The summed E-state index contributed by atoms with van der Waals surface area (Å²) in [5.41, 5.74) is 0.962. The molecule has 0 saturated carbocycles.